The van der Waals surface area contributed by atoms with E-state index in [1.807, 2.05) is 49.1 Å². The quantitative estimate of drug-likeness (QED) is 0.472. The smallest absolute Gasteiger partial charge is 0.453 e. The predicted octanol–water partition coefficient (Wildman–Crippen LogP) is 3.76. The van der Waals surface area contributed by atoms with Gasteiger partial charge in [0.2, 0.25) is 0 Å². The van der Waals surface area contributed by atoms with Crippen LogP contribution in [0.2, 0.25) is 0 Å². The van der Waals surface area contributed by atoms with Crippen molar-refractivity contribution in [2.24, 2.45) is 0 Å². The van der Waals surface area contributed by atoms with Crippen molar-refractivity contribution < 1.29 is 22.7 Å². The first kappa shape index (κ1) is 26.4. The number of amides is 2. The Balaban J connectivity index is 1.58. The summed E-state index contributed by atoms with van der Waals surface area (Å²) < 4.78 is 46.5. The number of piperidine rings is 1. The number of likely N-dealkylation sites (tertiary alicyclic amines) is 1. The van der Waals surface area contributed by atoms with Crippen molar-refractivity contribution in [3.63, 3.8) is 0 Å². The number of aromatic nitrogens is 4. The number of carbonyl (C=O) groups excluding carboxylic acids is 1. The van der Waals surface area contributed by atoms with Crippen LogP contribution in [0.3, 0.4) is 0 Å². The number of benzene rings is 2. The molecule has 0 spiro atoms. The van der Waals surface area contributed by atoms with Gasteiger partial charge in [-0.05, 0) is 54.5 Å². The second kappa shape index (κ2) is 11.6. The summed E-state index contributed by atoms with van der Waals surface area (Å²) in [4.78, 5) is 14.3. The van der Waals surface area contributed by atoms with E-state index in [-0.39, 0.29) is 23.7 Å². The van der Waals surface area contributed by atoms with Gasteiger partial charge in [-0.1, -0.05) is 30.3 Å². The Morgan fingerprint density at radius 2 is 1.95 bits per heavy atom. The number of nitrogens with one attached hydrogen (secondary N) is 2. The summed E-state index contributed by atoms with van der Waals surface area (Å²) in [6.45, 7) is 6.18. The number of ether oxygens (including phenoxy) is 1. The second-order valence-corrected chi connectivity index (χ2v) is 8.71. The second-order valence-electron chi connectivity index (χ2n) is 8.71. The predicted molar refractivity (Wildman–Crippen MR) is 130 cm³/mol. The van der Waals surface area contributed by atoms with Crippen molar-refractivity contribution >= 4 is 6.03 Å². The minimum absolute atomic E-state index is 0.0324. The average molecular weight is 518 g/mol. The summed E-state index contributed by atoms with van der Waals surface area (Å²) in [6.07, 6.45) is -3.98. The van der Waals surface area contributed by atoms with E-state index in [1.54, 1.807) is 12.1 Å². The molecule has 0 bridgehead atoms. The molecule has 0 radical (unpaired) electrons. The fourth-order valence-electron chi connectivity index (χ4n) is 4.59. The molecule has 9 nitrogen and oxygen atoms in total. The lowest BCUT2D eigenvalue weighted by Crippen LogP contribution is -2.52. The number of halogens is 3. The molecule has 0 saturated carbocycles. The van der Waals surface area contributed by atoms with E-state index >= 15 is 0 Å². The number of urea groups is 1. The Hall–Kier alpha value is -3.67. The molecule has 2 atom stereocenters. The highest BCUT2D eigenvalue weighted by Crippen LogP contribution is 2.31. The van der Waals surface area contributed by atoms with Gasteiger partial charge in [-0.3, -0.25) is 0 Å². The van der Waals surface area contributed by atoms with Crippen LogP contribution in [0.5, 0.6) is 5.75 Å². The molecular formula is C25H30F3N7O2. The van der Waals surface area contributed by atoms with Crippen LogP contribution in [-0.4, -0.2) is 63.4 Å². The minimum atomic E-state index is -4.69. The normalized spacial score (nSPS) is 18.0. The first-order chi connectivity index (χ1) is 17.8. The molecule has 3 aromatic rings. The van der Waals surface area contributed by atoms with Gasteiger partial charge in [0.1, 0.15) is 5.75 Å². The van der Waals surface area contributed by atoms with Gasteiger partial charge in [-0.2, -0.15) is 17.9 Å². The van der Waals surface area contributed by atoms with Crippen LogP contribution in [0.25, 0.3) is 5.69 Å². The van der Waals surface area contributed by atoms with Crippen LogP contribution < -0.4 is 15.4 Å². The fraction of sp³-hybridized carbons (Fsp3) is 0.440. The van der Waals surface area contributed by atoms with E-state index in [0.717, 1.165) is 5.56 Å². The molecule has 4 rings (SSSR count). The first-order valence-electron chi connectivity index (χ1n) is 12.2. The standard InChI is InChI=1S/C25H30F3N7O2/c1-3-29-24(36)34-13-12-21(20(16-34)17-8-6-5-7-9-17)30-15-18-14-19(10-11-22(18)37-4-2)35-23(25(26,27)28)31-32-33-35/h5-11,14,20-21,30H,3-4,12-13,15-16H2,1-2H3,(H,29,36)/t20-,21-/m0/s1. The average Bonchev–Trinajstić information content (AvgIpc) is 3.40. The van der Waals surface area contributed by atoms with E-state index in [2.05, 4.69) is 26.2 Å². The van der Waals surface area contributed by atoms with Gasteiger partial charge >= 0.3 is 12.2 Å². The van der Waals surface area contributed by atoms with Gasteiger partial charge in [0, 0.05) is 43.7 Å². The number of alkyl halides is 3. The van der Waals surface area contributed by atoms with E-state index in [0.29, 0.717) is 55.2 Å². The van der Waals surface area contributed by atoms with Gasteiger partial charge in [0.25, 0.3) is 5.82 Å². The summed E-state index contributed by atoms with van der Waals surface area (Å²) in [7, 11) is 0. The van der Waals surface area contributed by atoms with Crippen molar-refractivity contribution in [2.45, 2.75) is 44.9 Å². The topological polar surface area (TPSA) is 97.2 Å². The molecule has 1 aliphatic rings. The maximum Gasteiger partial charge on any atom is 0.453 e. The maximum absolute atomic E-state index is 13.4. The van der Waals surface area contributed by atoms with Crippen LogP contribution in [0, 0.1) is 0 Å². The van der Waals surface area contributed by atoms with Gasteiger partial charge in [-0.15, -0.1) is 5.10 Å². The van der Waals surface area contributed by atoms with E-state index in [1.165, 1.54) is 6.07 Å². The summed E-state index contributed by atoms with van der Waals surface area (Å²) in [5.74, 6) is -0.596. The summed E-state index contributed by atoms with van der Waals surface area (Å²) >= 11 is 0. The highest BCUT2D eigenvalue weighted by molar-refractivity contribution is 5.74. The number of tetrazole rings is 1. The van der Waals surface area contributed by atoms with Crippen molar-refractivity contribution in [3.8, 4) is 11.4 Å². The Kier molecular flexibility index (Phi) is 8.27. The Morgan fingerprint density at radius 1 is 1.16 bits per heavy atom. The molecule has 0 aliphatic carbocycles. The molecule has 1 aromatic heterocycles. The van der Waals surface area contributed by atoms with Crippen LogP contribution in [-0.2, 0) is 12.7 Å². The van der Waals surface area contributed by atoms with Gasteiger partial charge in [0.15, 0.2) is 0 Å². The number of carbonyl (C=O) groups is 1. The summed E-state index contributed by atoms with van der Waals surface area (Å²) in [6, 6.07) is 14.7. The van der Waals surface area contributed by atoms with Crippen molar-refractivity contribution in [1.82, 2.24) is 35.7 Å². The number of hydrogen-bond donors (Lipinski definition) is 2. The highest BCUT2D eigenvalue weighted by atomic mass is 19.4. The third kappa shape index (κ3) is 6.19. The monoisotopic (exact) mass is 517 g/mol. The highest BCUT2D eigenvalue weighted by Gasteiger charge is 2.38. The van der Waals surface area contributed by atoms with E-state index in [4.69, 9.17) is 4.74 Å². The van der Waals surface area contributed by atoms with Crippen LogP contribution in [0.1, 0.15) is 43.1 Å². The van der Waals surface area contributed by atoms with Gasteiger partial charge < -0.3 is 20.3 Å². The third-order valence-corrected chi connectivity index (χ3v) is 6.32. The molecule has 2 heterocycles. The van der Waals surface area contributed by atoms with Crippen molar-refractivity contribution in [3.05, 3.63) is 65.5 Å². The molecule has 2 aromatic carbocycles. The molecule has 2 N–H and O–H groups in total. The molecule has 2 amide bonds. The fourth-order valence-corrected chi connectivity index (χ4v) is 4.59. The zero-order chi connectivity index (χ0) is 26.4. The Morgan fingerprint density at radius 3 is 2.65 bits per heavy atom. The first-order valence-corrected chi connectivity index (χ1v) is 12.2. The molecule has 1 saturated heterocycles. The number of rotatable bonds is 8. The molecule has 12 heteroatoms. The van der Waals surface area contributed by atoms with Gasteiger partial charge in [0.05, 0.1) is 12.3 Å². The zero-order valence-corrected chi connectivity index (χ0v) is 20.7. The van der Waals surface area contributed by atoms with Crippen LogP contribution in [0.15, 0.2) is 48.5 Å². The van der Waals surface area contributed by atoms with E-state index in [9.17, 15) is 18.0 Å². The SMILES string of the molecule is CCNC(=O)N1CC[C@H](NCc2cc(-n3nnnc3C(F)(F)F)ccc2OCC)[C@H](c2ccccc2)C1. The van der Waals surface area contributed by atoms with E-state index < -0.39 is 12.0 Å². The zero-order valence-electron chi connectivity index (χ0n) is 20.7. The number of nitrogens with zero attached hydrogens (tertiary/aromatic N) is 5. The molecule has 1 aliphatic heterocycles. The number of hydrogen-bond acceptors (Lipinski definition) is 6. The molecule has 1 fully saturated rings. The Labute approximate surface area is 213 Å². The summed E-state index contributed by atoms with van der Waals surface area (Å²) in [5, 5.41) is 16.3. The lowest BCUT2D eigenvalue weighted by atomic mass is 9.86. The van der Waals surface area contributed by atoms with Crippen LogP contribution in [0.4, 0.5) is 18.0 Å². The lowest BCUT2D eigenvalue weighted by Gasteiger charge is -2.39. The third-order valence-electron chi connectivity index (χ3n) is 6.32. The van der Waals surface area contributed by atoms with Crippen molar-refractivity contribution in [2.75, 3.05) is 26.2 Å². The van der Waals surface area contributed by atoms with Crippen molar-refractivity contribution in [1.29, 1.82) is 0 Å². The molecule has 198 valence electrons. The maximum atomic E-state index is 13.4. The summed E-state index contributed by atoms with van der Waals surface area (Å²) in [5.41, 5.74) is 1.97. The van der Waals surface area contributed by atoms with Crippen LogP contribution >= 0.6 is 0 Å². The van der Waals surface area contributed by atoms with Gasteiger partial charge in [-0.25, -0.2) is 4.79 Å². The molecular weight excluding hydrogens is 487 g/mol. The molecule has 37 heavy (non-hydrogen) atoms. The Bertz CT molecular complexity index is 1190. The minimum Gasteiger partial charge on any atom is -0.494 e. The lowest BCUT2D eigenvalue weighted by molar-refractivity contribution is -0.146. The molecule has 0 unspecified atom stereocenters. The largest absolute Gasteiger partial charge is 0.494 e.